The van der Waals surface area contributed by atoms with Gasteiger partial charge in [-0.2, -0.15) is 0 Å². The Hall–Kier alpha value is -7.32. The maximum absolute atomic E-state index is 11.5. The van der Waals surface area contributed by atoms with E-state index in [1.54, 1.807) is 31.1 Å². The molecule has 540 valence electrons. The number of hydrogen-bond acceptors (Lipinski definition) is 26. The van der Waals surface area contributed by atoms with Crippen molar-refractivity contribution in [3.63, 3.8) is 0 Å². The third-order valence-electron chi connectivity index (χ3n) is 15.5. The van der Waals surface area contributed by atoms with Crippen molar-refractivity contribution in [3.05, 3.63) is 217 Å². The smallest absolute Gasteiger partial charge is 0.251 e. The molecule has 0 aromatic carbocycles. The number of halogens is 3. The first-order valence-electron chi connectivity index (χ1n) is 33.2. The molecule has 10 aromatic heterocycles. The molecule has 0 unspecified atom stereocenters. The molecular weight excluding hydrogens is 1450 g/mol. The second kappa shape index (κ2) is 41.2. The van der Waals surface area contributed by atoms with Gasteiger partial charge in [-0.1, -0.05) is 139 Å². The quantitative estimate of drug-likeness (QED) is 0.0342. The number of H-pyrrole nitrogens is 3. The van der Waals surface area contributed by atoms with Gasteiger partial charge >= 0.3 is 0 Å². The molecule has 0 spiro atoms. The number of piperazine rings is 2. The molecule has 102 heavy (non-hydrogen) atoms. The van der Waals surface area contributed by atoms with E-state index in [0.29, 0.717) is 53.6 Å². The molecule has 12 rings (SSSR count). The Morgan fingerprint density at radius 1 is 0.441 bits per heavy atom. The van der Waals surface area contributed by atoms with E-state index in [0.717, 1.165) is 185 Å². The summed E-state index contributed by atoms with van der Waals surface area (Å²) in [4.78, 5) is 103. The van der Waals surface area contributed by atoms with Crippen molar-refractivity contribution in [1.82, 2.24) is 89.7 Å². The highest BCUT2D eigenvalue weighted by Gasteiger charge is 2.20. The molecule has 2 aliphatic heterocycles. The zero-order valence-corrected chi connectivity index (χ0v) is 65.4. The number of thioether (sulfide) groups is 5. The number of rotatable bonds is 21. The van der Waals surface area contributed by atoms with Crippen LogP contribution in [0, 0.1) is 48.5 Å². The lowest BCUT2D eigenvalue weighted by molar-refractivity contribution is 0.270. The fraction of sp³-hybridized carbons (Fsp3) is 0.400. The number of hydrogen-bond donors (Lipinski definition) is 3. The Labute approximate surface area is 630 Å². The highest BCUT2D eigenvalue weighted by Crippen LogP contribution is 2.31. The predicted molar refractivity (Wildman–Crippen MR) is 413 cm³/mol. The normalized spacial score (nSPS) is 13.0. The van der Waals surface area contributed by atoms with Crippen LogP contribution in [0.2, 0.25) is 15.2 Å². The Kier molecular flexibility index (Phi) is 32.5. The van der Waals surface area contributed by atoms with Crippen LogP contribution >= 0.6 is 93.6 Å². The number of nitrogens with one attached hydrogen (secondary N) is 3. The lowest BCUT2D eigenvalue weighted by Gasteiger charge is -2.34. The molecule has 12 heterocycles. The molecule has 0 aliphatic carbocycles. The number of anilines is 2. The summed E-state index contributed by atoms with van der Waals surface area (Å²) in [5.74, 6) is 6.37. The minimum atomic E-state index is -0.138. The number of pyridine rings is 3. The van der Waals surface area contributed by atoms with E-state index in [2.05, 4.69) is 132 Å². The summed E-state index contributed by atoms with van der Waals surface area (Å²) in [7, 11) is 0. The fourth-order valence-corrected chi connectivity index (χ4v) is 15.8. The molecule has 0 radical (unpaired) electrons. The largest absolute Gasteiger partial charge is 0.361 e. The number of aromatic nitrogens is 16. The number of aromatic amines is 3. The zero-order chi connectivity index (χ0) is 73.1. The summed E-state index contributed by atoms with van der Waals surface area (Å²) < 4.78 is 5.32. The van der Waals surface area contributed by atoms with Crippen LogP contribution in [0.4, 0.5) is 11.6 Å². The molecule has 32 heteroatoms. The van der Waals surface area contributed by atoms with Gasteiger partial charge in [-0.25, -0.2) is 54.8 Å². The van der Waals surface area contributed by atoms with Gasteiger partial charge in [-0.3, -0.25) is 19.4 Å². The second-order valence-electron chi connectivity index (χ2n) is 23.4. The van der Waals surface area contributed by atoms with Crippen molar-refractivity contribution in [2.45, 2.75) is 144 Å². The van der Waals surface area contributed by atoms with Crippen molar-refractivity contribution in [3.8, 4) is 0 Å². The molecule has 2 aliphatic rings. The molecule has 0 atom stereocenters. The van der Waals surface area contributed by atoms with Crippen LogP contribution in [0.5, 0.6) is 0 Å². The zero-order valence-electron chi connectivity index (χ0n) is 59.1. The number of aryl methyl sites for hydroxylation is 9. The Morgan fingerprint density at radius 3 is 1.33 bits per heavy atom. The first kappa shape index (κ1) is 80.4. The van der Waals surface area contributed by atoms with Crippen molar-refractivity contribution >= 4 is 105 Å². The van der Waals surface area contributed by atoms with E-state index in [1.165, 1.54) is 71.6 Å². The predicted octanol–water partition coefficient (Wildman–Crippen LogP) is 13.2. The summed E-state index contributed by atoms with van der Waals surface area (Å²) in [5, 5.41) is 9.15. The topological polar surface area (TPSA) is 292 Å². The van der Waals surface area contributed by atoms with Crippen LogP contribution in [-0.2, 0) is 41.6 Å². The van der Waals surface area contributed by atoms with E-state index in [4.69, 9.17) is 39.3 Å². The summed E-state index contributed by atoms with van der Waals surface area (Å²) in [5.41, 5.74) is 11.8. The van der Waals surface area contributed by atoms with Crippen molar-refractivity contribution in [1.29, 1.82) is 0 Å². The molecule has 3 N–H and O–H groups in total. The van der Waals surface area contributed by atoms with Crippen LogP contribution in [0.3, 0.4) is 0 Å². The van der Waals surface area contributed by atoms with Crippen LogP contribution in [0.1, 0.15) is 107 Å². The lowest BCUT2D eigenvalue weighted by Crippen LogP contribution is -2.46. The molecule has 0 bridgehead atoms. The van der Waals surface area contributed by atoms with Gasteiger partial charge in [0.25, 0.3) is 16.7 Å². The van der Waals surface area contributed by atoms with Gasteiger partial charge in [0.05, 0.1) is 15.7 Å². The van der Waals surface area contributed by atoms with Gasteiger partial charge < -0.3 is 39.1 Å². The Balaban J connectivity index is 0.000000163. The van der Waals surface area contributed by atoms with Gasteiger partial charge in [-0.15, -0.1) is 0 Å². The highest BCUT2D eigenvalue weighted by molar-refractivity contribution is 7.99. The van der Waals surface area contributed by atoms with E-state index in [-0.39, 0.29) is 16.7 Å². The van der Waals surface area contributed by atoms with E-state index in [9.17, 15) is 14.4 Å². The Morgan fingerprint density at radius 2 is 0.882 bits per heavy atom. The van der Waals surface area contributed by atoms with E-state index in [1.807, 2.05) is 91.3 Å². The minimum Gasteiger partial charge on any atom is -0.361 e. The number of likely N-dealkylation sites (N-methyl/N-ethyl adjacent to an activating group) is 2. The average Bonchev–Trinajstić information content (AvgIpc) is 1.27. The number of nitrogens with zero attached hydrogens (tertiary/aromatic N) is 17. The molecule has 2 fully saturated rings. The van der Waals surface area contributed by atoms with Crippen molar-refractivity contribution in [2.75, 3.05) is 75.2 Å². The van der Waals surface area contributed by atoms with E-state index >= 15 is 0 Å². The van der Waals surface area contributed by atoms with Crippen LogP contribution in [0.15, 0.2) is 137 Å². The molecular formula is C70H85Cl3N20O4S5. The average molecular weight is 1540 g/mol. The van der Waals surface area contributed by atoms with Crippen LogP contribution in [0.25, 0.3) is 0 Å². The molecule has 10 aromatic rings. The van der Waals surface area contributed by atoms with Crippen molar-refractivity contribution < 1.29 is 4.52 Å². The van der Waals surface area contributed by atoms with Gasteiger partial charge in [0, 0.05) is 193 Å². The summed E-state index contributed by atoms with van der Waals surface area (Å²) in [6.07, 6.45) is 11.9. The van der Waals surface area contributed by atoms with E-state index < -0.39 is 0 Å². The van der Waals surface area contributed by atoms with Crippen LogP contribution < -0.4 is 26.5 Å². The molecule has 24 nitrogen and oxygen atoms in total. The molecule has 2 saturated heterocycles. The first-order valence-corrected chi connectivity index (χ1v) is 39.2. The van der Waals surface area contributed by atoms with Gasteiger partial charge in [0.1, 0.15) is 28.9 Å². The third kappa shape index (κ3) is 26.4. The van der Waals surface area contributed by atoms with Gasteiger partial charge in [-0.05, 0) is 103 Å². The van der Waals surface area contributed by atoms with Gasteiger partial charge in [0.2, 0.25) is 0 Å². The maximum Gasteiger partial charge on any atom is 0.251 e. The monoisotopic (exact) mass is 1530 g/mol. The molecule has 0 saturated carbocycles. The first-order chi connectivity index (χ1) is 49.1. The fourth-order valence-electron chi connectivity index (χ4n) is 10.2. The highest BCUT2D eigenvalue weighted by atomic mass is 35.5. The lowest BCUT2D eigenvalue weighted by atomic mass is 10.1. The second-order valence-corrected chi connectivity index (χ2v) is 29.4. The minimum absolute atomic E-state index is 0.107. The maximum atomic E-state index is 11.5. The summed E-state index contributed by atoms with van der Waals surface area (Å²) >= 11 is 26.1. The van der Waals surface area contributed by atoms with Crippen LogP contribution in [-0.4, -0.2) is 155 Å². The standard InChI is InChI=1S/C17H22ClN5OS.C17H23N5OS.C13H17N3O2S.C12H11Cl2N3S.C11H12N4S/c1-3-22-6-8-23(9-7-22)14-5-4-13(16(18)20-14)11-25-17-19-12(2)10-15(24)21-17;1-3-21-6-8-22(9-7-21)15-5-4-14(11-18-15)12-24-17-19-13(2)10-16(23)20-17;1-4-10-9(11(5-2)18-16-10)7-19-13-14-8(3)6-12(17)15-13;1-7-3-8(2)17-12(16-7)18-6-9-10(13)4-15-5-11(9)14;1-8-3-9(2)15-11(14-8)16-6-10-4-12-7-13-5-10/h4-5,10H,3,6-9,11H2,1-2H3,(H,19,21,24);4-5,10-11H,3,6-9,12H2,1-2H3,(H,19,20,23);6H,4-5,7H2,1-3H3,(H,14,15,17);3-5H,6H2,1-2H3;3-5,7H,6H2,1-2H3. The third-order valence-corrected chi connectivity index (χ3v) is 21.0. The Bertz CT molecular complexity index is 4400. The SMILES string of the molecule is CCN1CCN(c2ccc(CSc3nc(C)cc(=O)[nH]3)c(Cl)n2)CC1.CCN1CCN(c2ccc(CSc3nc(C)cc(=O)[nH]3)cn2)CC1.CCc1noc(CC)c1CSc1nc(C)cc(=O)[nH]1.Cc1cc(C)nc(SCc2c(Cl)cncc2Cl)n1.Cc1cc(C)nc(SCc2cncnc2)n1. The summed E-state index contributed by atoms with van der Waals surface area (Å²) in [6, 6.07) is 16.6. The summed E-state index contributed by atoms with van der Waals surface area (Å²) in [6.45, 7) is 32.3. The molecule has 0 amide bonds. The van der Waals surface area contributed by atoms with Gasteiger partial charge in [0.15, 0.2) is 25.8 Å². The van der Waals surface area contributed by atoms with Crippen molar-refractivity contribution in [2.24, 2.45) is 0 Å².